The quantitative estimate of drug-likeness (QED) is 0.514. The van der Waals surface area contributed by atoms with E-state index in [4.69, 9.17) is 18.9 Å². The van der Waals surface area contributed by atoms with E-state index in [9.17, 15) is 13.2 Å². The van der Waals surface area contributed by atoms with Gasteiger partial charge in [0.25, 0.3) is 0 Å². The second kappa shape index (κ2) is 11.7. The first-order chi connectivity index (χ1) is 16.9. The van der Waals surface area contributed by atoms with Gasteiger partial charge in [-0.15, -0.1) is 0 Å². The van der Waals surface area contributed by atoms with Crippen molar-refractivity contribution in [3.8, 4) is 11.8 Å². The van der Waals surface area contributed by atoms with Crippen molar-refractivity contribution in [1.82, 2.24) is 24.7 Å². The molecule has 0 atom stereocenters. The normalized spacial score (nSPS) is 15.6. The zero-order valence-corrected chi connectivity index (χ0v) is 18.6. The van der Waals surface area contributed by atoms with E-state index in [1.165, 1.54) is 6.20 Å². The molecule has 0 unspecified atom stereocenters. The number of benzene rings is 1. The fourth-order valence-corrected chi connectivity index (χ4v) is 2.97. The van der Waals surface area contributed by atoms with Crippen molar-refractivity contribution >= 4 is 17.6 Å². The molecular weight excluding hydrogens is 471 g/mol. The highest BCUT2D eigenvalue weighted by Crippen LogP contribution is 2.20. The maximum absolute atomic E-state index is 12.6. The van der Waals surface area contributed by atoms with Crippen LogP contribution in [0.5, 0.6) is 11.8 Å². The predicted octanol–water partition coefficient (Wildman–Crippen LogP) is 2.79. The van der Waals surface area contributed by atoms with Crippen LogP contribution in [0.2, 0.25) is 0 Å². The van der Waals surface area contributed by atoms with Crippen LogP contribution in [-0.2, 0) is 22.6 Å². The van der Waals surface area contributed by atoms with Crippen molar-refractivity contribution in [2.75, 3.05) is 50.3 Å². The molecule has 0 spiro atoms. The number of fused-ring (bicyclic) bond motifs is 11. The summed E-state index contributed by atoms with van der Waals surface area (Å²) in [6.07, 6.45) is -1.31. The zero-order valence-electron chi connectivity index (χ0n) is 18.6. The molecule has 4 heterocycles. The number of nitrogens with zero attached hydrogens (tertiary/aromatic N) is 5. The monoisotopic (exact) mass is 495 g/mol. The zero-order chi connectivity index (χ0) is 24.5. The van der Waals surface area contributed by atoms with Crippen LogP contribution in [0.4, 0.5) is 30.8 Å². The molecule has 2 N–H and O–H groups in total. The van der Waals surface area contributed by atoms with Crippen molar-refractivity contribution in [3.05, 3.63) is 42.2 Å². The van der Waals surface area contributed by atoms with Gasteiger partial charge in [0.15, 0.2) is 6.61 Å². The number of hydrogen-bond acceptors (Lipinski definition) is 10. The second-order valence-corrected chi connectivity index (χ2v) is 7.36. The lowest BCUT2D eigenvalue weighted by atomic mass is 10.2. The number of aromatic nitrogens is 5. The average Bonchev–Trinajstić information content (AvgIpc) is 3.27. The van der Waals surface area contributed by atoms with E-state index >= 15 is 0 Å². The summed E-state index contributed by atoms with van der Waals surface area (Å²) in [5, 5.41) is 10.1. The Morgan fingerprint density at radius 2 is 1.69 bits per heavy atom. The molecule has 14 heteroatoms. The molecule has 11 nitrogen and oxygen atoms in total. The van der Waals surface area contributed by atoms with Crippen molar-refractivity contribution in [3.63, 3.8) is 0 Å². The van der Waals surface area contributed by atoms with Crippen LogP contribution in [0, 0.1) is 0 Å². The molecule has 3 aromatic rings. The number of ether oxygens (including phenoxy) is 4. The van der Waals surface area contributed by atoms with E-state index in [0.717, 1.165) is 5.56 Å². The standard InChI is InChI=1S/C21H24F3N7O4/c22-21(23,24)14-35-20-29-18-25-11-15-1-3-17(4-2-15)34-10-9-33-8-7-32-6-5-31-13-16(12-26-31)27-19(28-18)30-20/h1-4,12-13H,5-11,14H2,(H2,25,27,28,29,30). The number of rotatable bonds is 2. The van der Waals surface area contributed by atoms with E-state index in [0.29, 0.717) is 57.6 Å². The SMILES string of the molecule is FC(F)(F)COc1nc2nc(n1)Nc1cnn(c1)CCOCCOCCOc1ccc(cc1)CN2. The van der Waals surface area contributed by atoms with Gasteiger partial charge < -0.3 is 29.6 Å². The summed E-state index contributed by atoms with van der Waals surface area (Å²) >= 11 is 0. The first kappa shape index (κ1) is 24.5. The summed E-state index contributed by atoms with van der Waals surface area (Å²) in [5.41, 5.74) is 1.41. The van der Waals surface area contributed by atoms with Crippen LogP contribution >= 0.6 is 0 Å². The first-order valence-corrected chi connectivity index (χ1v) is 10.8. The number of halogens is 3. The largest absolute Gasteiger partial charge is 0.491 e. The van der Waals surface area contributed by atoms with Crippen LogP contribution in [0.1, 0.15) is 5.56 Å². The Balaban J connectivity index is 1.52. The van der Waals surface area contributed by atoms with Gasteiger partial charge in [-0.1, -0.05) is 12.1 Å². The summed E-state index contributed by atoms with van der Waals surface area (Å²) in [4.78, 5) is 12.1. The van der Waals surface area contributed by atoms with Gasteiger partial charge in [0.05, 0.1) is 44.9 Å². The second-order valence-electron chi connectivity index (χ2n) is 7.36. The van der Waals surface area contributed by atoms with Gasteiger partial charge in [0.1, 0.15) is 12.4 Å². The summed E-state index contributed by atoms with van der Waals surface area (Å²) in [6, 6.07) is 6.84. The molecule has 0 saturated heterocycles. The molecule has 6 bridgehead atoms. The van der Waals surface area contributed by atoms with Crippen LogP contribution in [-0.4, -0.2) is 70.6 Å². The summed E-state index contributed by atoms with van der Waals surface area (Å²) < 4.78 is 61.0. The van der Waals surface area contributed by atoms with E-state index in [2.05, 4.69) is 30.7 Å². The van der Waals surface area contributed by atoms with Crippen LogP contribution in [0.15, 0.2) is 36.7 Å². The van der Waals surface area contributed by atoms with E-state index < -0.39 is 18.8 Å². The van der Waals surface area contributed by atoms with Gasteiger partial charge >= 0.3 is 12.2 Å². The Morgan fingerprint density at radius 3 is 2.49 bits per heavy atom. The van der Waals surface area contributed by atoms with Crippen LogP contribution in [0.25, 0.3) is 0 Å². The van der Waals surface area contributed by atoms with Crippen LogP contribution in [0.3, 0.4) is 0 Å². The van der Waals surface area contributed by atoms with Gasteiger partial charge in [0, 0.05) is 12.7 Å². The molecule has 188 valence electrons. The molecule has 2 aliphatic heterocycles. The number of nitrogens with one attached hydrogen (secondary N) is 2. The van der Waals surface area contributed by atoms with Crippen LogP contribution < -0.4 is 20.1 Å². The smallest absolute Gasteiger partial charge is 0.422 e. The van der Waals surface area contributed by atoms with E-state index in [1.54, 1.807) is 10.9 Å². The fraction of sp³-hybridized carbons (Fsp3) is 0.429. The number of hydrogen-bond donors (Lipinski definition) is 2. The molecule has 0 amide bonds. The molecule has 35 heavy (non-hydrogen) atoms. The third-order valence-corrected chi connectivity index (χ3v) is 4.58. The van der Waals surface area contributed by atoms with Gasteiger partial charge in [-0.3, -0.25) is 4.68 Å². The summed E-state index contributed by atoms with van der Waals surface area (Å²) in [7, 11) is 0. The Bertz CT molecular complexity index is 1080. The maximum atomic E-state index is 12.6. The maximum Gasteiger partial charge on any atom is 0.422 e. The molecule has 1 aromatic carbocycles. The average molecular weight is 495 g/mol. The predicted molar refractivity (Wildman–Crippen MR) is 118 cm³/mol. The van der Waals surface area contributed by atoms with Gasteiger partial charge in [-0.05, 0) is 17.7 Å². The van der Waals surface area contributed by atoms with Crippen molar-refractivity contribution < 1.29 is 32.1 Å². The Labute approximate surface area is 198 Å². The van der Waals surface area contributed by atoms with Crippen molar-refractivity contribution in [1.29, 1.82) is 0 Å². The van der Waals surface area contributed by atoms with E-state index in [-0.39, 0.29) is 11.9 Å². The highest BCUT2D eigenvalue weighted by atomic mass is 19.4. The van der Waals surface area contributed by atoms with Gasteiger partial charge in [-0.2, -0.15) is 33.2 Å². The fourth-order valence-electron chi connectivity index (χ4n) is 2.97. The minimum atomic E-state index is -4.53. The third kappa shape index (κ3) is 8.26. The summed E-state index contributed by atoms with van der Waals surface area (Å²) in [5.74, 6) is 0.724. The molecule has 2 aliphatic rings. The molecule has 2 aromatic heterocycles. The van der Waals surface area contributed by atoms with Crippen molar-refractivity contribution in [2.24, 2.45) is 0 Å². The Kier molecular flexibility index (Phi) is 8.15. The lowest BCUT2D eigenvalue weighted by Gasteiger charge is -2.12. The molecule has 0 fully saturated rings. The van der Waals surface area contributed by atoms with E-state index in [1.807, 2.05) is 24.3 Å². The number of anilines is 3. The number of alkyl halides is 3. The first-order valence-electron chi connectivity index (χ1n) is 10.8. The molecule has 0 saturated carbocycles. The van der Waals surface area contributed by atoms with Gasteiger partial charge in [-0.25, -0.2) is 0 Å². The minimum Gasteiger partial charge on any atom is -0.491 e. The molecule has 0 aliphatic carbocycles. The topological polar surface area (TPSA) is 117 Å². The molecule has 0 radical (unpaired) electrons. The highest BCUT2D eigenvalue weighted by molar-refractivity contribution is 5.52. The Hall–Kier alpha value is -3.65. The Morgan fingerprint density at radius 1 is 0.943 bits per heavy atom. The van der Waals surface area contributed by atoms with Gasteiger partial charge in [0.2, 0.25) is 11.9 Å². The van der Waals surface area contributed by atoms with Crippen molar-refractivity contribution in [2.45, 2.75) is 19.3 Å². The molecular formula is C21H24F3N7O4. The molecule has 5 rings (SSSR count). The third-order valence-electron chi connectivity index (χ3n) is 4.58. The highest BCUT2D eigenvalue weighted by Gasteiger charge is 2.29. The lowest BCUT2D eigenvalue weighted by molar-refractivity contribution is -0.154. The summed E-state index contributed by atoms with van der Waals surface area (Å²) in [6.45, 7) is 1.40. The lowest BCUT2D eigenvalue weighted by Crippen LogP contribution is -2.21. The minimum absolute atomic E-state index is 0.00138.